The number of benzene rings is 1. The van der Waals surface area contributed by atoms with Crippen molar-refractivity contribution in [1.82, 2.24) is 5.32 Å². The van der Waals surface area contributed by atoms with Gasteiger partial charge in [-0.2, -0.15) is 0 Å². The Bertz CT molecular complexity index is 634. The van der Waals surface area contributed by atoms with E-state index in [1.165, 1.54) is 0 Å². The molecule has 3 nitrogen and oxygen atoms in total. The highest BCUT2D eigenvalue weighted by molar-refractivity contribution is 7.10. The minimum atomic E-state index is 0.00899. The van der Waals surface area contributed by atoms with Gasteiger partial charge in [0.05, 0.1) is 13.0 Å². The topological polar surface area (TPSA) is 32.3 Å². The molecule has 1 aromatic heterocycles. The maximum atomic E-state index is 11.7. The molecule has 1 heterocycles. The molecule has 0 unspecified atom stereocenters. The molecule has 0 fully saturated rings. The number of hydrogen-bond donors (Lipinski definition) is 1. The molecule has 0 saturated heterocycles. The quantitative estimate of drug-likeness (QED) is 0.880. The number of nitrogens with zero attached hydrogens (tertiary/aromatic N) is 1. The third kappa shape index (κ3) is 4.97. The van der Waals surface area contributed by atoms with Crippen molar-refractivity contribution >= 4 is 22.9 Å². The lowest BCUT2D eigenvalue weighted by atomic mass is 10.2. The Kier molecular flexibility index (Phi) is 5.42. The highest BCUT2D eigenvalue weighted by Gasteiger charge is 2.01. The molecule has 0 aliphatic carbocycles. The van der Waals surface area contributed by atoms with Gasteiger partial charge in [0, 0.05) is 30.2 Å². The number of amides is 1. The molecule has 4 heteroatoms. The molecule has 0 saturated carbocycles. The molecule has 0 atom stereocenters. The Morgan fingerprint density at radius 3 is 2.62 bits per heavy atom. The highest BCUT2D eigenvalue weighted by Crippen LogP contribution is 2.11. The maximum absolute atomic E-state index is 11.7. The van der Waals surface area contributed by atoms with Crippen LogP contribution in [0.1, 0.15) is 10.4 Å². The minimum absolute atomic E-state index is 0.00899. The van der Waals surface area contributed by atoms with Gasteiger partial charge in [-0.3, -0.25) is 4.79 Å². The van der Waals surface area contributed by atoms with Crippen molar-refractivity contribution in [2.24, 2.45) is 0 Å². The van der Waals surface area contributed by atoms with E-state index in [4.69, 9.17) is 0 Å². The van der Waals surface area contributed by atoms with Crippen molar-refractivity contribution in [2.75, 3.05) is 25.5 Å². The first-order chi connectivity index (χ1) is 10.1. The van der Waals surface area contributed by atoms with E-state index >= 15 is 0 Å². The molecular formula is C17H18N2OS. The summed E-state index contributed by atoms with van der Waals surface area (Å²) in [6, 6.07) is 11.9. The molecule has 21 heavy (non-hydrogen) atoms. The van der Waals surface area contributed by atoms with E-state index in [1.54, 1.807) is 11.3 Å². The molecule has 1 aromatic carbocycles. The molecular weight excluding hydrogens is 280 g/mol. The second kappa shape index (κ2) is 7.51. The number of anilines is 1. The van der Waals surface area contributed by atoms with Gasteiger partial charge in [-0.15, -0.1) is 11.3 Å². The predicted octanol–water partition coefficient (Wildman–Crippen LogP) is 2.52. The average Bonchev–Trinajstić information content (AvgIpc) is 2.97. The second-order valence-corrected chi connectivity index (χ2v) is 5.81. The van der Waals surface area contributed by atoms with Crippen molar-refractivity contribution in [1.29, 1.82) is 0 Å². The summed E-state index contributed by atoms with van der Waals surface area (Å²) >= 11 is 1.59. The molecule has 1 N–H and O–H groups in total. The summed E-state index contributed by atoms with van der Waals surface area (Å²) in [6.07, 6.45) is 0.427. The number of carbonyl (C=O) groups is 1. The second-order valence-electron chi connectivity index (χ2n) is 4.78. The largest absolute Gasteiger partial charge is 0.378 e. The van der Waals surface area contributed by atoms with Crippen molar-refractivity contribution in [3.05, 3.63) is 52.2 Å². The lowest BCUT2D eigenvalue weighted by Gasteiger charge is -2.11. The number of nitrogens with one attached hydrogen (secondary N) is 1. The Morgan fingerprint density at radius 1 is 1.24 bits per heavy atom. The van der Waals surface area contributed by atoms with Gasteiger partial charge in [0.25, 0.3) is 0 Å². The predicted molar refractivity (Wildman–Crippen MR) is 88.7 cm³/mol. The van der Waals surface area contributed by atoms with Crippen LogP contribution in [0.4, 0.5) is 5.69 Å². The Morgan fingerprint density at radius 2 is 2.00 bits per heavy atom. The molecule has 1 amide bonds. The smallest absolute Gasteiger partial charge is 0.226 e. The van der Waals surface area contributed by atoms with Crippen LogP contribution in [-0.2, 0) is 11.2 Å². The van der Waals surface area contributed by atoms with Gasteiger partial charge in [0.15, 0.2) is 0 Å². The van der Waals surface area contributed by atoms with Gasteiger partial charge in [-0.25, -0.2) is 0 Å². The molecule has 0 aliphatic heterocycles. The van der Waals surface area contributed by atoms with Crippen LogP contribution in [0.25, 0.3) is 0 Å². The third-order valence-corrected chi connectivity index (χ3v) is 3.78. The van der Waals surface area contributed by atoms with Crippen LogP contribution in [-0.4, -0.2) is 26.5 Å². The SMILES string of the molecule is CN(C)c1ccc(C#CCNC(=O)Cc2cccs2)cc1. The summed E-state index contributed by atoms with van der Waals surface area (Å²) in [6.45, 7) is 0.375. The van der Waals surface area contributed by atoms with Gasteiger partial charge in [0.1, 0.15) is 0 Å². The monoisotopic (exact) mass is 298 g/mol. The molecule has 0 bridgehead atoms. The number of hydrogen-bond acceptors (Lipinski definition) is 3. The lowest BCUT2D eigenvalue weighted by molar-refractivity contribution is -0.120. The fourth-order valence-electron chi connectivity index (χ4n) is 1.77. The zero-order valence-electron chi connectivity index (χ0n) is 12.2. The Labute approximate surface area is 129 Å². The zero-order chi connectivity index (χ0) is 15.1. The van der Waals surface area contributed by atoms with E-state index in [2.05, 4.69) is 17.2 Å². The van der Waals surface area contributed by atoms with E-state index in [0.717, 1.165) is 16.1 Å². The maximum Gasteiger partial charge on any atom is 0.226 e. The number of thiophene rings is 1. The number of rotatable bonds is 4. The van der Waals surface area contributed by atoms with Crippen molar-refractivity contribution in [3.8, 4) is 11.8 Å². The van der Waals surface area contributed by atoms with Crippen molar-refractivity contribution in [3.63, 3.8) is 0 Å². The van der Waals surface area contributed by atoms with E-state index < -0.39 is 0 Å². The first-order valence-electron chi connectivity index (χ1n) is 6.70. The molecule has 0 radical (unpaired) electrons. The van der Waals surface area contributed by atoms with Crippen LogP contribution in [0.15, 0.2) is 41.8 Å². The summed E-state index contributed by atoms with van der Waals surface area (Å²) < 4.78 is 0. The fraction of sp³-hybridized carbons (Fsp3) is 0.235. The minimum Gasteiger partial charge on any atom is -0.378 e. The van der Waals surface area contributed by atoms with Gasteiger partial charge >= 0.3 is 0 Å². The zero-order valence-corrected chi connectivity index (χ0v) is 13.0. The molecule has 0 spiro atoms. The number of carbonyl (C=O) groups excluding carboxylic acids is 1. The molecule has 2 aromatic rings. The van der Waals surface area contributed by atoms with E-state index in [0.29, 0.717) is 13.0 Å². The molecule has 2 rings (SSSR count). The summed E-state index contributed by atoms with van der Waals surface area (Å²) in [5.74, 6) is 6.02. The summed E-state index contributed by atoms with van der Waals surface area (Å²) in [4.78, 5) is 14.8. The summed E-state index contributed by atoms with van der Waals surface area (Å²) in [5, 5.41) is 4.78. The van der Waals surface area contributed by atoms with Crippen LogP contribution in [0.3, 0.4) is 0 Å². The van der Waals surface area contributed by atoms with Gasteiger partial charge in [-0.05, 0) is 35.7 Å². The Balaban J connectivity index is 1.79. The summed E-state index contributed by atoms with van der Waals surface area (Å²) in [7, 11) is 4.01. The fourth-order valence-corrected chi connectivity index (χ4v) is 2.47. The average molecular weight is 298 g/mol. The lowest BCUT2D eigenvalue weighted by Crippen LogP contribution is -2.24. The standard InChI is InChI=1S/C17H18N2OS/c1-19(2)15-9-7-14(8-10-15)5-3-11-18-17(20)13-16-6-4-12-21-16/h4,6-10,12H,11,13H2,1-2H3,(H,18,20). The third-order valence-electron chi connectivity index (χ3n) is 2.91. The highest BCUT2D eigenvalue weighted by atomic mass is 32.1. The summed E-state index contributed by atoms with van der Waals surface area (Å²) in [5.41, 5.74) is 2.10. The van der Waals surface area contributed by atoms with Crippen molar-refractivity contribution in [2.45, 2.75) is 6.42 Å². The van der Waals surface area contributed by atoms with E-state index in [-0.39, 0.29) is 5.91 Å². The first-order valence-corrected chi connectivity index (χ1v) is 7.58. The van der Waals surface area contributed by atoms with E-state index in [1.807, 2.05) is 60.8 Å². The van der Waals surface area contributed by atoms with Crippen LogP contribution in [0, 0.1) is 11.8 Å². The van der Waals surface area contributed by atoms with Crippen molar-refractivity contribution < 1.29 is 4.79 Å². The van der Waals surface area contributed by atoms with Crippen LogP contribution >= 0.6 is 11.3 Å². The van der Waals surface area contributed by atoms with Gasteiger partial charge < -0.3 is 10.2 Å². The Hall–Kier alpha value is -2.25. The molecule has 0 aliphatic rings. The normalized spacial score (nSPS) is 9.62. The first kappa shape index (κ1) is 15.1. The van der Waals surface area contributed by atoms with Gasteiger partial charge in [-0.1, -0.05) is 17.9 Å². The molecule has 108 valence electrons. The van der Waals surface area contributed by atoms with Gasteiger partial charge in [0.2, 0.25) is 5.91 Å². The van der Waals surface area contributed by atoms with Crippen LogP contribution < -0.4 is 10.2 Å². The van der Waals surface area contributed by atoms with Crippen LogP contribution in [0.2, 0.25) is 0 Å². The van der Waals surface area contributed by atoms with E-state index in [9.17, 15) is 4.79 Å². The van der Waals surface area contributed by atoms with Crippen LogP contribution in [0.5, 0.6) is 0 Å².